The Balaban J connectivity index is 1.76. The van der Waals surface area contributed by atoms with Gasteiger partial charge in [0.25, 0.3) is 11.8 Å². The summed E-state index contributed by atoms with van der Waals surface area (Å²) in [5.41, 5.74) is -1.06. The standard InChI is InChI=1S/C23H26F2N4O5/c1-3-28-11-14-9-16(26-6-7-34-2)18-17(20(30)21(31)19(23(28)33)29(14)18)22(32)27-10-12-4-5-13(24)8-15(12)25/h4-5,8,14,16,26,31H,3,6-7,9-11H2,1-2H3,(H,27,32)/t14-,16-/m1/s1. The van der Waals surface area contributed by atoms with Gasteiger partial charge in [-0.1, -0.05) is 6.07 Å². The number of benzene rings is 1. The summed E-state index contributed by atoms with van der Waals surface area (Å²) < 4.78 is 33.9. The zero-order valence-corrected chi connectivity index (χ0v) is 18.9. The number of pyridine rings is 1. The second kappa shape index (κ2) is 9.51. The van der Waals surface area contributed by atoms with Crippen molar-refractivity contribution in [3.63, 3.8) is 0 Å². The number of methoxy groups -OCH3 is 1. The lowest BCUT2D eigenvalue weighted by molar-refractivity contribution is 0.0674. The number of nitrogens with one attached hydrogen (secondary N) is 2. The zero-order chi connectivity index (χ0) is 24.6. The van der Waals surface area contributed by atoms with E-state index < -0.39 is 40.7 Å². The number of hydrogen-bond acceptors (Lipinski definition) is 6. The van der Waals surface area contributed by atoms with E-state index in [1.807, 2.05) is 6.92 Å². The molecular formula is C23H26F2N4O5. The van der Waals surface area contributed by atoms with E-state index >= 15 is 0 Å². The molecule has 2 atom stereocenters. The lowest BCUT2D eigenvalue weighted by Crippen LogP contribution is -2.44. The van der Waals surface area contributed by atoms with Crippen molar-refractivity contribution >= 4 is 11.8 Å². The first-order chi connectivity index (χ1) is 16.3. The average molecular weight is 476 g/mol. The third-order valence-corrected chi connectivity index (χ3v) is 6.31. The van der Waals surface area contributed by atoms with Gasteiger partial charge in [-0.2, -0.15) is 0 Å². The van der Waals surface area contributed by atoms with Crippen molar-refractivity contribution in [3.05, 3.63) is 62.6 Å². The summed E-state index contributed by atoms with van der Waals surface area (Å²) in [4.78, 5) is 40.8. The molecule has 182 valence electrons. The maximum Gasteiger partial charge on any atom is 0.274 e. The molecule has 0 saturated carbocycles. The predicted molar refractivity (Wildman–Crippen MR) is 118 cm³/mol. The Bertz CT molecular complexity index is 1200. The number of rotatable bonds is 8. The molecule has 11 heteroatoms. The van der Waals surface area contributed by atoms with Crippen LogP contribution in [0, 0.1) is 11.6 Å². The Morgan fingerprint density at radius 1 is 1.29 bits per heavy atom. The van der Waals surface area contributed by atoms with Crippen LogP contribution in [-0.4, -0.2) is 59.7 Å². The first-order valence-corrected chi connectivity index (χ1v) is 11.0. The van der Waals surface area contributed by atoms with Gasteiger partial charge in [-0.3, -0.25) is 14.4 Å². The third kappa shape index (κ3) is 4.05. The minimum Gasteiger partial charge on any atom is -0.503 e. The monoisotopic (exact) mass is 476 g/mol. The second-order valence-electron chi connectivity index (χ2n) is 8.31. The van der Waals surface area contributed by atoms with Crippen molar-refractivity contribution in [1.82, 2.24) is 20.1 Å². The van der Waals surface area contributed by atoms with Crippen LogP contribution >= 0.6 is 0 Å². The molecule has 34 heavy (non-hydrogen) atoms. The normalized spacial score (nSPS) is 18.8. The highest BCUT2D eigenvalue weighted by atomic mass is 19.1. The molecular weight excluding hydrogens is 450 g/mol. The summed E-state index contributed by atoms with van der Waals surface area (Å²) in [5, 5.41) is 16.4. The number of ether oxygens (including phenoxy) is 1. The molecule has 3 heterocycles. The van der Waals surface area contributed by atoms with Gasteiger partial charge in [-0.15, -0.1) is 0 Å². The molecule has 2 aliphatic rings. The largest absolute Gasteiger partial charge is 0.503 e. The molecule has 0 radical (unpaired) electrons. The van der Waals surface area contributed by atoms with Crippen LogP contribution in [0.25, 0.3) is 0 Å². The summed E-state index contributed by atoms with van der Waals surface area (Å²) in [6.07, 6.45) is 0.496. The number of carbonyl (C=O) groups excluding carboxylic acids is 2. The number of likely N-dealkylation sites (N-methyl/N-ethyl adjacent to an activating group) is 1. The average Bonchev–Trinajstić information content (AvgIpc) is 3.15. The molecule has 2 aliphatic heterocycles. The van der Waals surface area contributed by atoms with Crippen molar-refractivity contribution in [2.24, 2.45) is 0 Å². The van der Waals surface area contributed by atoms with Gasteiger partial charge in [0.2, 0.25) is 5.43 Å². The van der Waals surface area contributed by atoms with Gasteiger partial charge in [0.1, 0.15) is 17.2 Å². The predicted octanol–water partition coefficient (Wildman–Crippen LogP) is 1.46. The quantitative estimate of drug-likeness (QED) is 0.498. The summed E-state index contributed by atoms with van der Waals surface area (Å²) in [6, 6.07) is 2.28. The Morgan fingerprint density at radius 2 is 2.06 bits per heavy atom. The highest BCUT2D eigenvalue weighted by molar-refractivity contribution is 6.00. The molecule has 0 bridgehead atoms. The number of hydrogen-bond donors (Lipinski definition) is 3. The molecule has 0 unspecified atom stereocenters. The minimum absolute atomic E-state index is 0.0369. The van der Waals surface area contributed by atoms with Gasteiger partial charge in [0, 0.05) is 44.9 Å². The van der Waals surface area contributed by atoms with Crippen molar-refractivity contribution in [2.75, 3.05) is 33.4 Å². The van der Waals surface area contributed by atoms with E-state index in [0.717, 1.165) is 6.07 Å². The molecule has 3 N–H and O–H groups in total. The molecule has 0 fully saturated rings. The zero-order valence-electron chi connectivity index (χ0n) is 18.9. The van der Waals surface area contributed by atoms with Crippen LogP contribution in [0.3, 0.4) is 0 Å². The van der Waals surface area contributed by atoms with Gasteiger partial charge in [-0.05, 0) is 19.4 Å². The number of amides is 2. The van der Waals surface area contributed by atoms with E-state index in [2.05, 4.69) is 10.6 Å². The van der Waals surface area contributed by atoms with Crippen LogP contribution in [0.2, 0.25) is 0 Å². The molecule has 1 aromatic carbocycles. The molecule has 1 aromatic heterocycles. The maximum absolute atomic E-state index is 14.0. The van der Waals surface area contributed by atoms with Gasteiger partial charge in [-0.25, -0.2) is 8.78 Å². The first kappa shape index (κ1) is 23.8. The molecule has 0 aliphatic carbocycles. The van der Waals surface area contributed by atoms with E-state index in [-0.39, 0.29) is 29.4 Å². The third-order valence-electron chi connectivity index (χ3n) is 6.31. The van der Waals surface area contributed by atoms with Crippen LogP contribution in [0.15, 0.2) is 23.0 Å². The molecule has 0 saturated heterocycles. The number of carbonyl (C=O) groups is 2. The Morgan fingerprint density at radius 3 is 2.74 bits per heavy atom. The SMILES string of the molecule is CCN1C[C@H]2C[C@@H](NCCOC)c3c(C(=O)NCc4ccc(F)cc4F)c(=O)c(O)c(n32)C1=O. The number of halogens is 2. The highest BCUT2D eigenvalue weighted by Gasteiger charge is 2.44. The lowest BCUT2D eigenvalue weighted by atomic mass is 10.0. The van der Waals surface area contributed by atoms with Crippen molar-refractivity contribution in [3.8, 4) is 5.75 Å². The van der Waals surface area contributed by atoms with Crippen LogP contribution in [0.1, 0.15) is 57.5 Å². The van der Waals surface area contributed by atoms with E-state index in [1.54, 1.807) is 16.6 Å². The van der Waals surface area contributed by atoms with Gasteiger partial charge >= 0.3 is 0 Å². The van der Waals surface area contributed by atoms with Crippen molar-refractivity contribution in [2.45, 2.75) is 32.0 Å². The number of aromatic nitrogens is 1. The van der Waals surface area contributed by atoms with E-state index in [1.165, 1.54) is 6.07 Å². The van der Waals surface area contributed by atoms with Crippen LogP contribution in [0.5, 0.6) is 5.75 Å². The summed E-state index contributed by atoms with van der Waals surface area (Å²) in [5.74, 6) is -3.67. The fourth-order valence-electron chi connectivity index (χ4n) is 4.69. The van der Waals surface area contributed by atoms with E-state index in [4.69, 9.17) is 4.74 Å². The van der Waals surface area contributed by atoms with Gasteiger partial charge in [0.05, 0.1) is 24.4 Å². The Labute approximate surface area is 194 Å². The number of nitrogens with zero attached hydrogens (tertiary/aromatic N) is 2. The minimum atomic E-state index is -0.969. The topological polar surface area (TPSA) is 113 Å². The fourth-order valence-corrected chi connectivity index (χ4v) is 4.69. The van der Waals surface area contributed by atoms with Crippen molar-refractivity contribution in [1.29, 1.82) is 0 Å². The first-order valence-electron chi connectivity index (χ1n) is 11.0. The smallest absolute Gasteiger partial charge is 0.274 e. The number of aromatic hydroxyl groups is 1. The molecule has 0 spiro atoms. The second-order valence-corrected chi connectivity index (χ2v) is 8.31. The maximum atomic E-state index is 14.0. The van der Waals surface area contributed by atoms with Gasteiger partial charge < -0.3 is 29.9 Å². The van der Waals surface area contributed by atoms with E-state index in [9.17, 15) is 28.3 Å². The Hall–Kier alpha value is -3.31. The molecule has 2 amide bonds. The molecule has 4 rings (SSSR count). The van der Waals surface area contributed by atoms with Crippen LogP contribution < -0.4 is 16.1 Å². The Kier molecular flexibility index (Phi) is 6.67. The molecule has 9 nitrogen and oxygen atoms in total. The highest BCUT2D eigenvalue weighted by Crippen LogP contribution is 2.42. The molecule has 2 aromatic rings. The fraction of sp³-hybridized carbons (Fsp3) is 0.435. The summed E-state index contributed by atoms with van der Waals surface area (Å²) in [6.45, 7) is 3.13. The summed E-state index contributed by atoms with van der Waals surface area (Å²) in [7, 11) is 1.55. The van der Waals surface area contributed by atoms with Crippen LogP contribution in [-0.2, 0) is 11.3 Å². The lowest BCUT2D eigenvalue weighted by Gasteiger charge is -2.33. The van der Waals surface area contributed by atoms with Crippen molar-refractivity contribution < 1.29 is 28.2 Å². The van der Waals surface area contributed by atoms with E-state index in [0.29, 0.717) is 44.4 Å². The summed E-state index contributed by atoms with van der Waals surface area (Å²) >= 11 is 0. The van der Waals surface area contributed by atoms with Crippen LogP contribution in [0.4, 0.5) is 8.78 Å². The van der Waals surface area contributed by atoms with Gasteiger partial charge in [0.15, 0.2) is 11.4 Å².